The smallest absolute Gasteiger partial charge is 0.268 e. The van der Waals surface area contributed by atoms with E-state index in [1.165, 1.54) is 19.1 Å². The minimum absolute atomic E-state index is 0.0176. The summed E-state index contributed by atoms with van der Waals surface area (Å²) >= 11 is 0. The van der Waals surface area contributed by atoms with Crippen molar-refractivity contribution in [3.8, 4) is 11.4 Å². The van der Waals surface area contributed by atoms with Crippen molar-refractivity contribution in [2.45, 2.75) is 20.8 Å². The topological polar surface area (TPSA) is 154 Å². The van der Waals surface area contributed by atoms with Crippen LogP contribution in [0.15, 0.2) is 155 Å². The molecular formula is C45H37N7O4. The van der Waals surface area contributed by atoms with E-state index in [1.54, 1.807) is 13.0 Å². The molecule has 0 spiro atoms. The zero-order valence-electron chi connectivity index (χ0n) is 30.9. The van der Waals surface area contributed by atoms with E-state index < -0.39 is 5.91 Å². The normalized spacial score (nSPS) is 10.8. The SMILES string of the molecule is CC(=O)c1nc(C)cc2c1c(=O)cc(Nc1ccccc1)n2-c1ccccc1.Cc1cc2c(c(C(N)=O)n1)c(=O)cc(Nc1ccccc1)n2-c1ccccc1. The number of para-hydroxylation sites is 4. The van der Waals surface area contributed by atoms with E-state index in [0.717, 1.165) is 22.7 Å². The number of pyridine rings is 4. The Kier molecular flexibility index (Phi) is 10.3. The summed E-state index contributed by atoms with van der Waals surface area (Å²) in [5.74, 6) is 0.245. The Hall–Kier alpha value is -7.66. The fourth-order valence-electron chi connectivity index (χ4n) is 6.60. The minimum Gasteiger partial charge on any atom is -0.364 e. The van der Waals surface area contributed by atoms with Gasteiger partial charge in [0.15, 0.2) is 16.6 Å². The van der Waals surface area contributed by atoms with E-state index >= 15 is 0 Å². The van der Waals surface area contributed by atoms with Crippen LogP contribution < -0.4 is 27.2 Å². The number of carbonyl (C=O) groups excluding carboxylic acids is 2. The average Bonchev–Trinajstić information content (AvgIpc) is 3.19. The van der Waals surface area contributed by atoms with Gasteiger partial charge in [-0.15, -0.1) is 0 Å². The molecule has 0 bridgehead atoms. The van der Waals surface area contributed by atoms with Gasteiger partial charge in [-0.1, -0.05) is 72.8 Å². The molecule has 8 rings (SSSR count). The summed E-state index contributed by atoms with van der Waals surface area (Å²) in [6.07, 6.45) is 0. The third-order valence-electron chi connectivity index (χ3n) is 8.93. The molecule has 0 unspecified atom stereocenters. The molecule has 0 atom stereocenters. The van der Waals surface area contributed by atoms with E-state index in [9.17, 15) is 19.2 Å². The Labute approximate surface area is 321 Å². The second-order valence-corrected chi connectivity index (χ2v) is 13.0. The standard InChI is InChI=1S/C23H19N3O2.C22H18N4O2/c1-15-13-19-22(23(24-15)16(2)27)20(28)14-21(25-17-9-5-3-6-10-17)26(19)18-11-7-4-8-12-18;1-14-12-17-20(21(24-14)22(23)28)18(27)13-19(25-15-8-4-2-5-9-15)26(17)16-10-6-3-7-11-16/h3-14,25H,1-2H3;2-13,25H,1H3,(H2,23,28). The minimum atomic E-state index is -0.728. The first-order valence-corrected chi connectivity index (χ1v) is 17.8. The van der Waals surface area contributed by atoms with Crippen LogP contribution >= 0.6 is 0 Å². The second-order valence-electron chi connectivity index (χ2n) is 13.0. The number of primary amides is 1. The summed E-state index contributed by atoms with van der Waals surface area (Å²) in [4.78, 5) is 58.5. The molecule has 0 aliphatic carbocycles. The number of rotatable bonds is 8. The number of carbonyl (C=O) groups is 2. The highest BCUT2D eigenvalue weighted by Crippen LogP contribution is 2.28. The van der Waals surface area contributed by atoms with E-state index in [2.05, 4.69) is 20.6 Å². The number of ketones is 1. The molecule has 56 heavy (non-hydrogen) atoms. The van der Waals surface area contributed by atoms with Gasteiger partial charge < -0.3 is 16.4 Å². The highest BCUT2D eigenvalue weighted by atomic mass is 16.1. The Bertz CT molecular complexity index is 2660. The highest BCUT2D eigenvalue weighted by molar-refractivity contribution is 6.06. The number of anilines is 4. The molecule has 276 valence electrons. The molecule has 11 nitrogen and oxygen atoms in total. The van der Waals surface area contributed by atoms with Gasteiger partial charge in [0, 0.05) is 53.2 Å². The Morgan fingerprint density at radius 1 is 0.536 bits per heavy atom. The van der Waals surface area contributed by atoms with Crippen LogP contribution in [0.1, 0.15) is 39.3 Å². The van der Waals surface area contributed by atoms with Crippen LogP contribution in [0.3, 0.4) is 0 Å². The summed E-state index contributed by atoms with van der Waals surface area (Å²) in [7, 11) is 0. The zero-order valence-corrected chi connectivity index (χ0v) is 30.9. The van der Waals surface area contributed by atoms with Crippen molar-refractivity contribution in [1.29, 1.82) is 0 Å². The quantitative estimate of drug-likeness (QED) is 0.132. The van der Waals surface area contributed by atoms with E-state index in [-0.39, 0.29) is 33.4 Å². The van der Waals surface area contributed by atoms with Crippen LogP contribution in [-0.4, -0.2) is 30.8 Å². The van der Waals surface area contributed by atoms with Crippen molar-refractivity contribution in [3.05, 3.63) is 189 Å². The predicted octanol–water partition coefficient (Wildman–Crippen LogP) is 8.18. The number of nitrogens with one attached hydrogen (secondary N) is 2. The van der Waals surface area contributed by atoms with E-state index in [0.29, 0.717) is 39.4 Å². The van der Waals surface area contributed by atoms with Gasteiger partial charge in [-0.2, -0.15) is 0 Å². The molecule has 1 amide bonds. The molecule has 4 aromatic heterocycles. The number of amides is 1. The molecule has 0 aliphatic rings. The lowest BCUT2D eigenvalue weighted by Crippen LogP contribution is -2.20. The van der Waals surface area contributed by atoms with Crippen LogP contribution in [-0.2, 0) is 0 Å². The molecule has 4 N–H and O–H groups in total. The first-order valence-electron chi connectivity index (χ1n) is 17.8. The van der Waals surface area contributed by atoms with Crippen molar-refractivity contribution in [2.24, 2.45) is 5.73 Å². The molecule has 4 heterocycles. The predicted molar refractivity (Wildman–Crippen MR) is 222 cm³/mol. The largest absolute Gasteiger partial charge is 0.364 e. The molecule has 11 heteroatoms. The van der Waals surface area contributed by atoms with Gasteiger partial charge >= 0.3 is 0 Å². The summed E-state index contributed by atoms with van der Waals surface area (Å²) in [5, 5.41) is 7.17. The Morgan fingerprint density at radius 2 is 0.893 bits per heavy atom. The van der Waals surface area contributed by atoms with Crippen LogP contribution in [0.5, 0.6) is 0 Å². The van der Waals surface area contributed by atoms with Crippen molar-refractivity contribution in [2.75, 3.05) is 10.6 Å². The van der Waals surface area contributed by atoms with Gasteiger partial charge in [0.25, 0.3) is 5.91 Å². The number of aromatic nitrogens is 4. The van der Waals surface area contributed by atoms with Crippen LogP contribution in [0, 0.1) is 13.8 Å². The zero-order chi connectivity index (χ0) is 39.3. The van der Waals surface area contributed by atoms with Gasteiger partial charge in [0.05, 0.1) is 21.8 Å². The monoisotopic (exact) mass is 739 g/mol. The van der Waals surface area contributed by atoms with Crippen LogP contribution in [0.25, 0.3) is 33.2 Å². The van der Waals surface area contributed by atoms with Crippen molar-refractivity contribution in [3.63, 3.8) is 0 Å². The van der Waals surface area contributed by atoms with Gasteiger partial charge in [-0.05, 0) is 74.5 Å². The number of Topliss-reactive ketones (excluding diaryl/α,β-unsaturated/α-hetero) is 1. The first-order chi connectivity index (χ1) is 27.1. The molecule has 0 fully saturated rings. The number of hydrogen-bond donors (Lipinski definition) is 3. The maximum Gasteiger partial charge on any atom is 0.268 e. The lowest BCUT2D eigenvalue weighted by molar-refractivity contribution is 0.0993. The van der Waals surface area contributed by atoms with Crippen molar-refractivity contribution in [1.82, 2.24) is 19.1 Å². The van der Waals surface area contributed by atoms with Gasteiger partial charge in [-0.25, -0.2) is 9.97 Å². The summed E-state index contributed by atoms with van der Waals surface area (Å²) in [5.41, 5.74) is 11.1. The number of aryl methyl sites for hydroxylation is 2. The van der Waals surface area contributed by atoms with Crippen LogP contribution in [0.2, 0.25) is 0 Å². The summed E-state index contributed by atoms with van der Waals surface area (Å²) < 4.78 is 3.84. The number of nitrogens with zero attached hydrogens (tertiary/aromatic N) is 4. The first kappa shape index (κ1) is 36.7. The Balaban J connectivity index is 0.000000172. The highest BCUT2D eigenvalue weighted by Gasteiger charge is 2.20. The molecule has 4 aromatic carbocycles. The molecular weight excluding hydrogens is 703 g/mol. The van der Waals surface area contributed by atoms with Crippen molar-refractivity contribution < 1.29 is 9.59 Å². The number of fused-ring (bicyclic) bond motifs is 2. The Morgan fingerprint density at radius 3 is 1.27 bits per heavy atom. The van der Waals surface area contributed by atoms with E-state index in [1.807, 2.05) is 143 Å². The maximum atomic E-state index is 13.0. The van der Waals surface area contributed by atoms with Crippen molar-refractivity contribution >= 4 is 56.5 Å². The third kappa shape index (κ3) is 7.55. The number of hydrogen-bond acceptors (Lipinski definition) is 8. The summed E-state index contributed by atoms with van der Waals surface area (Å²) in [6, 6.07) is 45.2. The molecule has 0 radical (unpaired) electrons. The third-order valence-corrected chi connectivity index (χ3v) is 8.93. The molecule has 8 aromatic rings. The fraction of sp³-hybridized carbons (Fsp3) is 0.0667. The lowest BCUT2D eigenvalue weighted by atomic mass is 10.1. The number of nitrogens with two attached hydrogens (primary N) is 1. The fourth-order valence-corrected chi connectivity index (χ4v) is 6.60. The van der Waals surface area contributed by atoms with E-state index in [4.69, 9.17) is 5.73 Å². The molecule has 0 saturated heterocycles. The number of benzene rings is 4. The average molecular weight is 740 g/mol. The van der Waals surface area contributed by atoms with Gasteiger partial charge in [-0.3, -0.25) is 28.3 Å². The lowest BCUT2D eigenvalue weighted by Gasteiger charge is -2.19. The molecule has 0 saturated carbocycles. The molecule has 0 aliphatic heterocycles. The van der Waals surface area contributed by atoms with Gasteiger partial charge in [0.1, 0.15) is 23.0 Å². The van der Waals surface area contributed by atoms with Gasteiger partial charge in [0.2, 0.25) is 0 Å². The van der Waals surface area contributed by atoms with Crippen LogP contribution in [0.4, 0.5) is 23.0 Å². The maximum absolute atomic E-state index is 13.0. The second kappa shape index (κ2) is 15.7. The summed E-state index contributed by atoms with van der Waals surface area (Å²) in [6.45, 7) is 5.02.